The van der Waals surface area contributed by atoms with Gasteiger partial charge in [0.2, 0.25) is 0 Å². The Hall–Kier alpha value is -1.58. The van der Waals surface area contributed by atoms with Gasteiger partial charge in [-0.1, -0.05) is 29.8 Å². The van der Waals surface area contributed by atoms with Crippen LogP contribution in [-0.4, -0.2) is 12.2 Å². The van der Waals surface area contributed by atoms with E-state index in [0.717, 1.165) is 5.56 Å². The van der Waals surface area contributed by atoms with Gasteiger partial charge in [-0.15, -0.1) is 0 Å². The number of ether oxygens (including phenoxy) is 1. The van der Waals surface area contributed by atoms with Crippen LogP contribution in [-0.2, 0) is 0 Å². The average molecular weight is 281 g/mol. The van der Waals surface area contributed by atoms with Gasteiger partial charge < -0.3 is 9.84 Å². The molecule has 1 unspecified atom stereocenters. The van der Waals surface area contributed by atoms with Crippen molar-refractivity contribution in [2.45, 2.75) is 13.0 Å². The number of benzene rings is 2. The topological polar surface area (TPSA) is 29.5 Å². The van der Waals surface area contributed by atoms with E-state index in [4.69, 9.17) is 16.3 Å². The Labute approximate surface area is 116 Å². The first-order chi connectivity index (χ1) is 9.04. The number of hydrogen-bond donors (Lipinski definition) is 1. The van der Waals surface area contributed by atoms with Crippen LogP contribution in [0.1, 0.15) is 22.8 Å². The molecule has 0 saturated carbocycles. The summed E-state index contributed by atoms with van der Waals surface area (Å²) in [7, 11) is 1.44. The standard InChI is InChI=1S/C15H14ClFO2/c1-9-6-7-10(8-11(9)16)15(18)14-12(17)4-3-5-13(14)19-2/h3-8,15,18H,1-2H3. The van der Waals surface area contributed by atoms with E-state index in [2.05, 4.69) is 0 Å². The van der Waals surface area contributed by atoms with Crippen molar-refractivity contribution in [1.29, 1.82) is 0 Å². The molecular formula is C15H14ClFO2. The number of methoxy groups -OCH3 is 1. The number of halogens is 2. The van der Waals surface area contributed by atoms with E-state index in [1.165, 1.54) is 19.2 Å². The fraction of sp³-hybridized carbons (Fsp3) is 0.200. The van der Waals surface area contributed by atoms with Crippen molar-refractivity contribution in [3.63, 3.8) is 0 Å². The molecule has 0 heterocycles. The van der Waals surface area contributed by atoms with Crippen molar-refractivity contribution in [1.82, 2.24) is 0 Å². The first kappa shape index (κ1) is 13.8. The summed E-state index contributed by atoms with van der Waals surface area (Å²) in [5.74, 6) is -0.201. The van der Waals surface area contributed by atoms with Gasteiger partial charge in [-0.3, -0.25) is 0 Å². The Bertz CT molecular complexity index is 599. The molecule has 0 spiro atoms. The van der Waals surface area contributed by atoms with Crippen LogP contribution in [0.4, 0.5) is 4.39 Å². The highest BCUT2D eigenvalue weighted by molar-refractivity contribution is 6.31. The third-order valence-corrected chi connectivity index (χ3v) is 3.43. The lowest BCUT2D eigenvalue weighted by Gasteiger charge is -2.16. The predicted octanol–water partition coefficient (Wildman–Crippen LogP) is 3.88. The normalized spacial score (nSPS) is 12.3. The minimum absolute atomic E-state index is 0.116. The molecule has 0 aliphatic carbocycles. The van der Waals surface area contributed by atoms with Gasteiger partial charge in [0.15, 0.2) is 0 Å². The highest BCUT2D eigenvalue weighted by atomic mass is 35.5. The van der Waals surface area contributed by atoms with Crippen molar-refractivity contribution < 1.29 is 14.2 Å². The molecule has 2 aromatic rings. The molecule has 2 aromatic carbocycles. The highest BCUT2D eigenvalue weighted by Crippen LogP contribution is 2.33. The van der Waals surface area contributed by atoms with Crippen LogP contribution in [0.5, 0.6) is 5.75 Å². The first-order valence-corrected chi connectivity index (χ1v) is 6.19. The SMILES string of the molecule is COc1cccc(F)c1C(O)c1ccc(C)c(Cl)c1. The molecule has 0 aromatic heterocycles. The largest absolute Gasteiger partial charge is 0.496 e. The smallest absolute Gasteiger partial charge is 0.133 e. The quantitative estimate of drug-likeness (QED) is 0.924. The van der Waals surface area contributed by atoms with E-state index in [1.807, 2.05) is 6.92 Å². The Kier molecular flexibility index (Phi) is 4.08. The molecule has 0 aliphatic heterocycles. The maximum absolute atomic E-state index is 13.9. The summed E-state index contributed by atoms with van der Waals surface area (Å²) in [5, 5.41) is 10.9. The molecule has 0 amide bonds. The van der Waals surface area contributed by atoms with E-state index < -0.39 is 11.9 Å². The van der Waals surface area contributed by atoms with Crippen molar-refractivity contribution in [2.24, 2.45) is 0 Å². The second-order valence-corrected chi connectivity index (χ2v) is 4.67. The molecular weight excluding hydrogens is 267 g/mol. The van der Waals surface area contributed by atoms with E-state index in [9.17, 15) is 9.50 Å². The molecule has 1 atom stereocenters. The van der Waals surface area contributed by atoms with Gasteiger partial charge in [0, 0.05) is 5.02 Å². The number of aliphatic hydroxyl groups is 1. The van der Waals surface area contributed by atoms with Crippen LogP contribution >= 0.6 is 11.6 Å². The Balaban J connectivity index is 2.49. The van der Waals surface area contributed by atoms with Crippen molar-refractivity contribution in [3.8, 4) is 5.75 Å². The van der Waals surface area contributed by atoms with E-state index in [-0.39, 0.29) is 5.56 Å². The molecule has 4 heteroatoms. The zero-order valence-electron chi connectivity index (χ0n) is 10.7. The fourth-order valence-corrected chi connectivity index (χ4v) is 2.10. The Morgan fingerprint density at radius 3 is 2.63 bits per heavy atom. The molecule has 2 nitrogen and oxygen atoms in total. The lowest BCUT2D eigenvalue weighted by atomic mass is 9.99. The average Bonchev–Trinajstić information content (AvgIpc) is 2.40. The molecule has 100 valence electrons. The molecule has 1 N–H and O–H groups in total. The summed E-state index contributed by atoms with van der Waals surface area (Å²) in [6.45, 7) is 1.86. The zero-order valence-corrected chi connectivity index (χ0v) is 11.4. The minimum atomic E-state index is -1.12. The number of rotatable bonds is 3. The van der Waals surface area contributed by atoms with E-state index in [0.29, 0.717) is 16.3 Å². The number of hydrogen-bond acceptors (Lipinski definition) is 2. The van der Waals surface area contributed by atoms with Crippen molar-refractivity contribution in [2.75, 3.05) is 7.11 Å². The first-order valence-electron chi connectivity index (χ1n) is 5.81. The summed E-state index contributed by atoms with van der Waals surface area (Å²) in [6, 6.07) is 9.57. The molecule has 2 rings (SSSR count). The third-order valence-electron chi connectivity index (χ3n) is 3.02. The van der Waals surface area contributed by atoms with Gasteiger partial charge >= 0.3 is 0 Å². The monoisotopic (exact) mass is 280 g/mol. The third kappa shape index (κ3) is 2.72. The predicted molar refractivity (Wildman–Crippen MR) is 73.2 cm³/mol. The maximum Gasteiger partial charge on any atom is 0.133 e. The van der Waals surface area contributed by atoms with Crippen molar-refractivity contribution in [3.05, 3.63) is 63.9 Å². The fourth-order valence-electron chi connectivity index (χ4n) is 1.91. The summed E-state index contributed by atoms with van der Waals surface area (Å²) in [5.41, 5.74) is 1.54. The maximum atomic E-state index is 13.9. The molecule has 0 bridgehead atoms. The van der Waals surface area contributed by atoms with Gasteiger partial charge in [-0.25, -0.2) is 4.39 Å². The number of aryl methyl sites for hydroxylation is 1. The van der Waals surface area contributed by atoms with Gasteiger partial charge in [0.25, 0.3) is 0 Å². The minimum Gasteiger partial charge on any atom is -0.496 e. The van der Waals surface area contributed by atoms with Crippen molar-refractivity contribution >= 4 is 11.6 Å². The van der Waals surface area contributed by atoms with Gasteiger partial charge in [-0.2, -0.15) is 0 Å². The summed E-state index contributed by atoms with van der Waals surface area (Å²) >= 11 is 6.02. The lowest BCUT2D eigenvalue weighted by Crippen LogP contribution is -2.05. The second-order valence-electron chi connectivity index (χ2n) is 4.27. The summed E-state index contributed by atoms with van der Waals surface area (Å²) in [6.07, 6.45) is -1.12. The van der Waals surface area contributed by atoms with Crippen LogP contribution < -0.4 is 4.74 Å². The van der Waals surface area contributed by atoms with Gasteiger partial charge in [-0.05, 0) is 36.2 Å². The second kappa shape index (κ2) is 5.59. The summed E-state index contributed by atoms with van der Waals surface area (Å²) < 4.78 is 19.0. The Morgan fingerprint density at radius 2 is 2.00 bits per heavy atom. The van der Waals surface area contributed by atoms with Gasteiger partial charge in [0.05, 0.1) is 12.7 Å². The lowest BCUT2D eigenvalue weighted by molar-refractivity contribution is 0.209. The van der Waals surface area contributed by atoms with Gasteiger partial charge in [0.1, 0.15) is 17.7 Å². The molecule has 0 saturated heterocycles. The molecule has 0 radical (unpaired) electrons. The molecule has 0 aliphatic rings. The van der Waals surface area contributed by atoms with Crippen LogP contribution in [0.15, 0.2) is 36.4 Å². The molecule has 19 heavy (non-hydrogen) atoms. The summed E-state index contributed by atoms with van der Waals surface area (Å²) in [4.78, 5) is 0. The van der Waals surface area contributed by atoms with Crippen LogP contribution in [0.3, 0.4) is 0 Å². The highest BCUT2D eigenvalue weighted by Gasteiger charge is 2.20. The zero-order chi connectivity index (χ0) is 14.0. The molecule has 0 fully saturated rings. The van der Waals surface area contributed by atoms with Crippen LogP contribution in [0.25, 0.3) is 0 Å². The van der Waals surface area contributed by atoms with E-state index >= 15 is 0 Å². The number of aliphatic hydroxyl groups excluding tert-OH is 1. The Morgan fingerprint density at radius 1 is 1.26 bits per heavy atom. The van der Waals surface area contributed by atoms with E-state index in [1.54, 1.807) is 24.3 Å². The van der Waals surface area contributed by atoms with Crippen LogP contribution in [0, 0.1) is 12.7 Å². The van der Waals surface area contributed by atoms with Crippen LogP contribution in [0.2, 0.25) is 5.02 Å².